The van der Waals surface area contributed by atoms with Crippen LogP contribution in [-0.2, 0) is 0 Å². The van der Waals surface area contributed by atoms with Crippen molar-refractivity contribution in [1.29, 1.82) is 0 Å². The molecule has 0 heterocycles. The predicted molar refractivity (Wildman–Crippen MR) is 63.1 cm³/mol. The van der Waals surface area contributed by atoms with E-state index >= 15 is 0 Å². The van der Waals surface area contributed by atoms with Crippen LogP contribution in [0.15, 0.2) is 24.3 Å². The molecule has 0 aliphatic heterocycles. The van der Waals surface area contributed by atoms with Crippen LogP contribution in [0.3, 0.4) is 0 Å². The molecule has 2 rings (SSSR count). The molecule has 1 atom stereocenters. The molecular formula is C13H19NO. The summed E-state index contributed by atoms with van der Waals surface area (Å²) in [6.07, 6.45) is 3.52. The lowest BCUT2D eigenvalue weighted by molar-refractivity contribution is 0.199. The first-order valence-corrected chi connectivity index (χ1v) is 5.70. The van der Waals surface area contributed by atoms with E-state index in [0.717, 1.165) is 5.56 Å². The first-order chi connectivity index (χ1) is 7.20. The minimum absolute atomic E-state index is 0.385. The van der Waals surface area contributed by atoms with Crippen molar-refractivity contribution in [2.75, 3.05) is 11.9 Å². The van der Waals surface area contributed by atoms with Gasteiger partial charge in [-0.3, -0.25) is 0 Å². The third-order valence-electron chi connectivity index (χ3n) is 3.39. The van der Waals surface area contributed by atoms with E-state index in [1.54, 1.807) is 0 Å². The average molecular weight is 205 g/mol. The molecule has 2 nitrogen and oxygen atoms in total. The number of benzene rings is 1. The van der Waals surface area contributed by atoms with Crippen molar-refractivity contribution in [3.8, 4) is 0 Å². The van der Waals surface area contributed by atoms with E-state index in [4.69, 9.17) is 0 Å². The van der Waals surface area contributed by atoms with E-state index in [1.807, 2.05) is 25.1 Å². The Hall–Kier alpha value is -1.02. The Kier molecular flexibility index (Phi) is 2.96. The summed E-state index contributed by atoms with van der Waals surface area (Å²) in [6.45, 7) is 1.83. The SMILES string of the molecule is CC(O)c1ccccc1N(C)C1CCC1. The molecule has 0 bridgehead atoms. The predicted octanol–water partition coefficient (Wildman–Crippen LogP) is 2.73. The molecule has 0 spiro atoms. The van der Waals surface area contributed by atoms with E-state index in [1.165, 1.54) is 24.9 Å². The zero-order valence-electron chi connectivity index (χ0n) is 9.48. The molecule has 1 N–H and O–H groups in total. The summed E-state index contributed by atoms with van der Waals surface area (Å²) >= 11 is 0. The fraction of sp³-hybridized carbons (Fsp3) is 0.538. The van der Waals surface area contributed by atoms with Gasteiger partial charge >= 0.3 is 0 Å². The van der Waals surface area contributed by atoms with E-state index < -0.39 is 0 Å². The van der Waals surface area contributed by atoms with Gasteiger partial charge < -0.3 is 10.0 Å². The molecular weight excluding hydrogens is 186 g/mol. The Bertz CT molecular complexity index is 331. The molecule has 1 aliphatic rings. The standard InChI is InChI=1S/C13H19NO/c1-10(15)12-8-3-4-9-13(12)14(2)11-6-5-7-11/h3-4,8-11,15H,5-7H2,1-2H3. The van der Waals surface area contributed by atoms with Gasteiger partial charge in [-0.2, -0.15) is 0 Å². The van der Waals surface area contributed by atoms with Crippen molar-refractivity contribution in [3.05, 3.63) is 29.8 Å². The minimum Gasteiger partial charge on any atom is -0.389 e. The van der Waals surface area contributed by atoms with Crippen molar-refractivity contribution in [2.24, 2.45) is 0 Å². The van der Waals surface area contributed by atoms with Crippen molar-refractivity contribution in [2.45, 2.75) is 38.3 Å². The van der Waals surface area contributed by atoms with Gasteiger partial charge in [0.15, 0.2) is 0 Å². The van der Waals surface area contributed by atoms with Crippen molar-refractivity contribution >= 4 is 5.69 Å². The summed E-state index contributed by atoms with van der Waals surface area (Å²) in [7, 11) is 2.13. The first kappa shape index (κ1) is 10.5. The first-order valence-electron chi connectivity index (χ1n) is 5.70. The van der Waals surface area contributed by atoms with Crippen molar-refractivity contribution < 1.29 is 5.11 Å². The van der Waals surface area contributed by atoms with Gasteiger partial charge in [-0.25, -0.2) is 0 Å². The van der Waals surface area contributed by atoms with E-state index in [-0.39, 0.29) is 6.10 Å². The number of anilines is 1. The Balaban J connectivity index is 2.25. The maximum absolute atomic E-state index is 9.70. The van der Waals surface area contributed by atoms with E-state index in [2.05, 4.69) is 18.0 Å². The minimum atomic E-state index is -0.385. The number of nitrogens with zero attached hydrogens (tertiary/aromatic N) is 1. The summed E-state index contributed by atoms with van der Waals surface area (Å²) < 4.78 is 0. The van der Waals surface area contributed by atoms with Crippen LogP contribution >= 0.6 is 0 Å². The van der Waals surface area contributed by atoms with Crippen LogP contribution in [0.1, 0.15) is 37.9 Å². The third kappa shape index (κ3) is 2.00. The average Bonchev–Trinajstić information content (AvgIpc) is 2.15. The summed E-state index contributed by atoms with van der Waals surface area (Å²) in [6, 6.07) is 8.80. The van der Waals surface area contributed by atoms with Crippen molar-refractivity contribution in [3.63, 3.8) is 0 Å². The molecule has 1 aliphatic carbocycles. The normalized spacial score (nSPS) is 18.3. The maximum atomic E-state index is 9.70. The molecule has 0 saturated heterocycles. The second-order valence-electron chi connectivity index (χ2n) is 4.43. The highest BCUT2D eigenvalue weighted by Gasteiger charge is 2.24. The van der Waals surface area contributed by atoms with Crippen LogP contribution in [0.5, 0.6) is 0 Å². The monoisotopic (exact) mass is 205 g/mol. The number of aliphatic hydroxyl groups excluding tert-OH is 1. The summed E-state index contributed by atoms with van der Waals surface area (Å²) in [4.78, 5) is 2.31. The number of aliphatic hydroxyl groups is 1. The van der Waals surface area contributed by atoms with Crippen LogP contribution in [0, 0.1) is 0 Å². The van der Waals surface area contributed by atoms with Gasteiger partial charge in [0.2, 0.25) is 0 Å². The highest BCUT2D eigenvalue weighted by molar-refractivity contribution is 5.55. The summed E-state index contributed by atoms with van der Waals surface area (Å²) in [5, 5.41) is 9.70. The van der Waals surface area contributed by atoms with Crippen LogP contribution < -0.4 is 4.90 Å². The molecule has 82 valence electrons. The number of hydrogen-bond donors (Lipinski definition) is 1. The molecule has 0 aromatic heterocycles. The fourth-order valence-electron chi connectivity index (χ4n) is 2.13. The van der Waals surface area contributed by atoms with Gasteiger partial charge in [0.25, 0.3) is 0 Å². The molecule has 0 radical (unpaired) electrons. The molecule has 0 amide bonds. The Morgan fingerprint density at radius 3 is 2.53 bits per heavy atom. The van der Waals surface area contributed by atoms with Gasteiger partial charge in [-0.15, -0.1) is 0 Å². The van der Waals surface area contributed by atoms with Crippen LogP contribution in [-0.4, -0.2) is 18.2 Å². The summed E-state index contributed by atoms with van der Waals surface area (Å²) in [5.74, 6) is 0. The molecule has 1 aromatic carbocycles. The second kappa shape index (κ2) is 4.23. The second-order valence-corrected chi connectivity index (χ2v) is 4.43. The molecule has 1 fully saturated rings. The molecule has 15 heavy (non-hydrogen) atoms. The smallest absolute Gasteiger partial charge is 0.0781 e. The Morgan fingerprint density at radius 1 is 1.33 bits per heavy atom. The molecule has 1 unspecified atom stereocenters. The lowest BCUT2D eigenvalue weighted by Gasteiger charge is -2.37. The molecule has 1 aromatic rings. The largest absolute Gasteiger partial charge is 0.389 e. The number of hydrogen-bond acceptors (Lipinski definition) is 2. The van der Waals surface area contributed by atoms with Crippen LogP contribution in [0.25, 0.3) is 0 Å². The zero-order chi connectivity index (χ0) is 10.8. The van der Waals surface area contributed by atoms with E-state index in [9.17, 15) is 5.11 Å². The van der Waals surface area contributed by atoms with Gasteiger partial charge in [0, 0.05) is 24.3 Å². The van der Waals surface area contributed by atoms with Crippen LogP contribution in [0.2, 0.25) is 0 Å². The van der Waals surface area contributed by atoms with Gasteiger partial charge in [-0.05, 0) is 32.3 Å². The zero-order valence-corrected chi connectivity index (χ0v) is 9.48. The lowest BCUT2D eigenvalue weighted by atomic mass is 9.91. The maximum Gasteiger partial charge on any atom is 0.0781 e. The van der Waals surface area contributed by atoms with E-state index in [0.29, 0.717) is 6.04 Å². The van der Waals surface area contributed by atoms with Crippen LogP contribution in [0.4, 0.5) is 5.69 Å². The highest BCUT2D eigenvalue weighted by atomic mass is 16.3. The lowest BCUT2D eigenvalue weighted by Crippen LogP contribution is -2.37. The van der Waals surface area contributed by atoms with Gasteiger partial charge in [-0.1, -0.05) is 18.2 Å². The van der Waals surface area contributed by atoms with Crippen molar-refractivity contribution in [1.82, 2.24) is 0 Å². The Labute approximate surface area is 91.5 Å². The third-order valence-corrected chi connectivity index (χ3v) is 3.39. The fourth-order valence-corrected chi connectivity index (χ4v) is 2.13. The quantitative estimate of drug-likeness (QED) is 0.820. The number of rotatable bonds is 3. The number of para-hydroxylation sites is 1. The topological polar surface area (TPSA) is 23.5 Å². The van der Waals surface area contributed by atoms with Gasteiger partial charge in [0.1, 0.15) is 0 Å². The Morgan fingerprint density at radius 2 is 2.00 bits per heavy atom. The highest BCUT2D eigenvalue weighted by Crippen LogP contribution is 2.32. The summed E-state index contributed by atoms with van der Waals surface area (Å²) in [5.41, 5.74) is 2.21. The molecule has 2 heteroatoms. The molecule has 1 saturated carbocycles. The van der Waals surface area contributed by atoms with Gasteiger partial charge in [0.05, 0.1) is 6.10 Å².